The van der Waals surface area contributed by atoms with E-state index in [9.17, 15) is 0 Å². The average Bonchev–Trinajstić information content (AvgIpc) is 2.18. The molecule has 0 aromatic carbocycles. The van der Waals surface area contributed by atoms with Crippen LogP contribution in [0, 0.1) is 0 Å². The highest BCUT2D eigenvalue weighted by molar-refractivity contribution is 4.86. The van der Waals surface area contributed by atoms with E-state index in [-0.39, 0.29) is 0 Å². The van der Waals surface area contributed by atoms with E-state index in [0.29, 0.717) is 18.2 Å². The van der Waals surface area contributed by atoms with Crippen molar-refractivity contribution in [2.75, 3.05) is 6.61 Å². The van der Waals surface area contributed by atoms with Crippen LogP contribution >= 0.6 is 0 Å². The summed E-state index contributed by atoms with van der Waals surface area (Å²) in [5, 5.41) is 3.75. The molecule has 82 valence electrons. The van der Waals surface area contributed by atoms with E-state index < -0.39 is 0 Å². The molecule has 0 bridgehead atoms. The summed E-state index contributed by atoms with van der Waals surface area (Å²) >= 11 is 0. The van der Waals surface area contributed by atoms with Crippen molar-refractivity contribution in [3.63, 3.8) is 0 Å². The Morgan fingerprint density at radius 2 is 1.93 bits per heavy atom. The van der Waals surface area contributed by atoms with Gasteiger partial charge in [-0.25, -0.2) is 0 Å². The predicted molar refractivity (Wildman–Crippen MR) is 58.4 cm³/mol. The fourth-order valence-corrected chi connectivity index (χ4v) is 2.67. The van der Waals surface area contributed by atoms with Crippen molar-refractivity contribution < 1.29 is 4.74 Å². The van der Waals surface area contributed by atoms with Gasteiger partial charge in [0.05, 0.1) is 12.7 Å². The van der Waals surface area contributed by atoms with Gasteiger partial charge in [-0.3, -0.25) is 0 Å². The Hall–Kier alpha value is -0.0800. The average molecular weight is 197 g/mol. The SMILES string of the molecule is CCC1COC2CCCCCCC2N1. The van der Waals surface area contributed by atoms with Gasteiger partial charge in [0.2, 0.25) is 0 Å². The first-order chi connectivity index (χ1) is 6.90. The molecule has 0 aromatic rings. The smallest absolute Gasteiger partial charge is 0.0728 e. The Morgan fingerprint density at radius 1 is 1.14 bits per heavy atom. The molecule has 0 amide bonds. The van der Waals surface area contributed by atoms with Gasteiger partial charge < -0.3 is 10.1 Å². The van der Waals surface area contributed by atoms with Gasteiger partial charge in [-0.15, -0.1) is 0 Å². The van der Waals surface area contributed by atoms with Crippen molar-refractivity contribution in [3.8, 4) is 0 Å². The second kappa shape index (κ2) is 5.13. The molecule has 1 heterocycles. The molecule has 3 unspecified atom stereocenters. The molecule has 0 aromatic heterocycles. The minimum absolute atomic E-state index is 0.512. The van der Waals surface area contributed by atoms with Crippen molar-refractivity contribution >= 4 is 0 Å². The van der Waals surface area contributed by atoms with Gasteiger partial charge in [0.15, 0.2) is 0 Å². The molecule has 1 aliphatic heterocycles. The van der Waals surface area contributed by atoms with Crippen LogP contribution < -0.4 is 5.32 Å². The molecule has 1 N–H and O–H groups in total. The first kappa shape index (κ1) is 10.4. The largest absolute Gasteiger partial charge is 0.375 e. The van der Waals surface area contributed by atoms with E-state index in [4.69, 9.17) is 4.74 Å². The summed E-state index contributed by atoms with van der Waals surface area (Å²) in [5.41, 5.74) is 0. The van der Waals surface area contributed by atoms with Crippen molar-refractivity contribution in [2.45, 2.75) is 70.1 Å². The molecule has 0 radical (unpaired) electrons. The van der Waals surface area contributed by atoms with Crippen molar-refractivity contribution in [1.29, 1.82) is 0 Å². The topological polar surface area (TPSA) is 21.3 Å². The lowest BCUT2D eigenvalue weighted by Gasteiger charge is -2.38. The molecular formula is C12H23NO. The molecular weight excluding hydrogens is 174 g/mol. The number of hydrogen-bond acceptors (Lipinski definition) is 2. The van der Waals surface area contributed by atoms with Crippen molar-refractivity contribution in [2.24, 2.45) is 0 Å². The first-order valence-corrected chi connectivity index (χ1v) is 6.28. The van der Waals surface area contributed by atoms with Gasteiger partial charge in [0.25, 0.3) is 0 Å². The summed E-state index contributed by atoms with van der Waals surface area (Å²) in [4.78, 5) is 0. The third kappa shape index (κ3) is 2.48. The van der Waals surface area contributed by atoms with E-state index >= 15 is 0 Å². The lowest BCUT2D eigenvalue weighted by molar-refractivity contribution is -0.0384. The highest BCUT2D eigenvalue weighted by Gasteiger charge is 2.29. The zero-order chi connectivity index (χ0) is 9.80. The Kier molecular flexibility index (Phi) is 3.82. The van der Waals surface area contributed by atoms with Crippen LogP contribution in [-0.4, -0.2) is 24.8 Å². The molecule has 14 heavy (non-hydrogen) atoms. The number of fused-ring (bicyclic) bond motifs is 1. The normalized spacial score (nSPS) is 39.6. The predicted octanol–water partition coefficient (Wildman–Crippen LogP) is 2.48. The van der Waals surface area contributed by atoms with Crippen molar-refractivity contribution in [3.05, 3.63) is 0 Å². The van der Waals surface area contributed by atoms with Gasteiger partial charge in [0, 0.05) is 12.1 Å². The van der Waals surface area contributed by atoms with Gasteiger partial charge in [-0.2, -0.15) is 0 Å². The minimum atomic E-state index is 0.512. The Morgan fingerprint density at radius 3 is 2.71 bits per heavy atom. The number of ether oxygens (including phenoxy) is 1. The fraction of sp³-hybridized carbons (Fsp3) is 1.00. The van der Waals surface area contributed by atoms with E-state index in [0.717, 1.165) is 6.61 Å². The highest BCUT2D eigenvalue weighted by atomic mass is 16.5. The van der Waals surface area contributed by atoms with Gasteiger partial charge in [-0.1, -0.05) is 32.6 Å². The molecule has 1 saturated carbocycles. The van der Waals surface area contributed by atoms with E-state index in [1.165, 1.54) is 44.9 Å². The molecule has 2 fully saturated rings. The van der Waals surface area contributed by atoms with Gasteiger partial charge >= 0.3 is 0 Å². The summed E-state index contributed by atoms with van der Waals surface area (Å²) in [6, 6.07) is 1.25. The maximum Gasteiger partial charge on any atom is 0.0728 e. The summed E-state index contributed by atoms with van der Waals surface area (Å²) in [6.07, 6.45) is 9.87. The maximum absolute atomic E-state index is 5.96. The van der Waals surface area contributed by atoms with Gasteiger partial charge in [0.1, 0.15) is 0 Å². The molecule has 1 aliphatic carbocycles. The van der Waals surface area contributed by atoms with E-state index in [1.807, 2.05) is 0 Å². The molecule has 3 atom stereocenters. The summed E-state index contributed by atoms with van der Waals surface area (Å²) in [5.74, 6) is 0. The molecule has 2 nitrogen and oxygen atoms in total. The lowest BCUT2D eigenvalue weighted by atomic mass is 9.92. The number of morpholine rings is 1. The lowest BCUT2D eigenvalue weighted by Crippen LogP contribution is -2.54. The Balaban J connectivity index is 1.89. The maximum atomic E-state index is 5.96. The van der Waals surface area contributed by atoms with Crippen molar-refractivity contribution in [1.82, 2.24) is 5.32 Å². The quantitative estimate of drug-likeness (QED) is 0.697. The molecule has 0 spiro atoms. The zero-order valence-electron chi connectivity index (χ0n) is 9.30. The number of nitrogens with one attached hydrogen (secondary N) is 1. The Labute approximate surface area is 87.4 Å². The van der Waals surface area contributed by atoms with Crippen LogP contribution in [0.15, 0.2) is 0 Å². The Bertz CT molecular complexity index is 172. The minimum Gasteiger partial charge on any atom is -0.375 e. The van der Waals surface area contributed by atoms with E-state index in [1.54, 1.807) is 0 Å². The summed E-state index contributed by atoms with van der Waals surface area (Å²) in [7, 11) is 0. The van der Waals surface area contributed by atoms with Crippen LogP contribution in [0.25, 0.3) is 0 Å². The highest BCUT2D eigenvalue weighted by Crippen LogP contribution is 2.23. The van der Waals surface area contributed by atoms with Crippen LogP contribution in [0.1, 0.15) is 51.9 Å². The fourth-order valence-electron chi connectivity index (χ4n) is 2.67. The molecule has 1 saturated heterocycles. The van der Waals surface area contributed by atoms with Crippen LogP contribution in [0.3, 0.4) is 0 Å². The molecule has 2 heteroatoms. The number of hydrogen-bond donors (Lipinski definition) is 1. The number of rotatable bonds is 1. The molecule has 2 rings (SSSR count). The second-order valence-electron chi connectivity index (χ2n) is 4.74. The van der Waals surface area contributed by atoms with Crippen LogP contribution in [0.5, 0.6) is 0 Å². The summed E-state index contributed by atoms with van der Waals surface area (Å²) in [6.45, 7) is 3.17. The molecule has 2 aliphatic rings. The second-order valence-corrected chi connectivity index (χ2v) is 4.74. The zero-order valence-corrected chi connectivity index (χ0v) is 9.30. The van der Waals surface area contributed by atoms with E-state index in [2.05, 4.69) is 12.2 Å². The third-order valence-electron chi connectivity index (χ3n) is 3.66. The van der Waals surface area contributed by atoms with Crippen LogP contribution in [0.2, 0.25) is 0 Å². The third-order valence-corrected chi connectivity index (χ3v) is 3.66. The first-order valence-electron chi connectivity index (χ1n) is 6.28. The monoisotopic (exact) mass is 197 g/mol. The van der Waals surface area contributed by atoms with Gasteiger partial charge in [-0.05, 0) is 19.3 Å². The van der Waals surface area contributed by atoms with Crippen LogP contribution in [-0.2, 0) is 4.74 Å². The van der Waals surface area contributed by atoms with Crippen LogP contribution in [0.4, 0.5) is 0 Å². The summed E-state index contributed by atoms with van der Waals surface area (Å²) < 4.78 is 5.96. The standard InChI is InChI=1S/C12H23NO/c1-2-10-9-14-12-8-6-4-3-5-7-11(12)13-10/h10-13H,2-9H2,1H3.